The maximum Gasteiger partial charge on any atom is 0.308 e. The van der Waals surface area contributed by atoms with E-state index in [9.17, 15) is 9.90 Å². The number of carboxylic acids is 1. The first-order valence-electron chi connectivity index (χ1n) is 6.52. The fourth-order valence-electron chi connectivity index (χ4n) is 2.74. The Balaban J connectivity index is 2.63. The molecule has 0 amide bonds. The summed E-state index contributed by atoms with van der Waals surface area (Å²) in [7, 11) is 1.69. The molecule has 0 bridgehead atoms. The number of rotatable bonds is 7. The Morgan fingerprint density at radius 2 is 2.18 bits per heavy atom. The molecule has 1 saturated carbocycles. The van der Waals surface area contributed by atoms with Crippen LogP contribution in [0, 0.1) is 11.8 Å². The lowest BCUT2D eigenvalue weighted by atomic mass is 10.0. The topological polar surface area (TPSA) is 49.8 Å². The molecule has 0 saturated heterocycles. The summed E-state index contributed by atoms with van der Waals surface area (Å²) in [6, 6.07) is 0.199. The molecule has 0 heterocycles. The van der Waals surface area contributed by atoms with Crippen molar-refractivity contribution in [2.24, 2.45) is 11.8 Å². The summed E-state index contributed by atoms with van der Waals surface area (Å²) < 4.78 is 5.12. The van der Waals surface area contributed by atoms with Crippen LogP contribution in [0.1, 0.15) is 33.1 Å². The molecule has 2 atom stereocenters. The summed E-state index contributed by atoms with van der Waals surface area (Å²) in [5.41, 5.74) is 0. The minimum absolute atomic E-state index is 0.189. The van der Waals surface area contributed by atoms with Gasteiger partial charge >= 0.3 is 5.97 Å². The largest absolute Gasteiger partial charge is 0.481 e. The van der Waals surface area contributed by atoms with E-state index in [1.54, 1.807) is 7.11 Å². The monoisotopic (exact) mass is 243 g/mol. The third-order valence-electron chi connectivity index (χ3n) is 3.45. The van der Waals surface area contributed by atoms with E-state index in [-0.39, 0.29) is 12.0 Å². The molecule has 4 nitrogen and oxygen atoms in total. The zero-order valence-corrected chi connectivity index (χ0v) is 11.2. The first-order valence-corrected chi connectivity index (χ1v) is 6.52. The Labute approximate surface area is 104 Å². The van der Waals surface area contributed by atoms with Gasteiger partial charge in [0, 0.05) is 26.2 Å². The number of hydrogen-bond donors (Lipinski definition) is 1. The van der Waals surface area contributed by atoms with Gasteiger partial charge in [-0.25, -0.2) is 0 Å². The van der Waals surface area contributed by atoms with Crippen LogP contribution in [0.25, 0.3) is 0 Å². The summed E-state index contributed by atoms with van der Waals surface area (Å²) in [6.45, 7) is 6.81. The van der Waals surface area contributed by atoms with Gasteiger partial charge in [-0.15, -0.1) is 0 Å². The number of carboxylic acid groups (broad SMARTS) is 1. The first-order chi connectivity index (χ1) is 8.06. The van der Waals surface area contributed by atoms with Crippen LogP contribution >= 0.6 is 0 Å². The maximum absolute atomic E-state index is 11.2. The van der Waals surface area contributed by atoms with E-state index >= 15 is 0 Å². The van der Waals surface area contributed by atoms with Crippen LogP contribution in [-0.4, -0.2) is 48.8 Å². The predicted molar refractivity (Wildman–Crippen MR) is 67.1 cm³/mol. The Morgan fingerprint density at radius 1 is 1.47 bits per heavy atom. The minimum Gasteiger partial charge on any atom is -0.481 e. The van der Waals surface area contributed by atoms with Crippen LogP contribution in [-0.2, 0) is 9.53 Å². The second-order valence-corrected chi connectivity index (χ2v) is 5.32. The lowest BCUT2D eigenvalue weighted by molar-refractivity contribution is -0.143. The Bertz CT molecular complexity index is 243. The van der Waals surface area contributed by atoms with Crippen LogP contribution in [0.2, 0.25) is 0 Å². The van der Waals surface area contributed by atoms with E-state index in [0.717, 1.165) is 32.4 Å². The lowest BCUT2D eigenvalue weighted by Gasteiger charge is -2.32. The Morgan fingerprint density at radius 3 is 2.71 bits per heavy atom. The molecule has 0 aromatic heterocycles. The van der Waals surface area contributed by atoms with Crippen LogP contribution < -0.4 is 0 Å². The molecule has 0 aromatic carbocycles. The van der Waals surface area contributed by atoms with Gasteiger partial charge in [-0.1, -0.05) is 20.3 Å². The molecule has 100 valence electrons. The van der Waals surface area contributed by atoms with E-state index in [1.807, 2.05) is 0 Å². The molecule has 0 aliphatic heterocycles. The van der Waals surface area contributed by atoms with Crippen molar-refractivity contribution in [3.8, 4) is 0 Å². The number of nitrogens with zero attached hydrogens (tertiary/aromatic N) is 1. The third-order valence-corrected chi connectivity index (χ3v) is 3.45. The predicted octanol–water partition coefficient (Wildman–Crippen LogP) is 1.84. The molecule has 0 radical (unpaired) electrons. The highest BCUT2D eigenvalue weighted by molar-refractivity contribution is 5.71. The van der Waals surface area contributed by atoms with Gasteiger partial charge in [-0.05, 0) is 18.8 Å². The lowest BCUT2D eigenvalue weighted by Crippen LogP contribution is -2.44. The second kappa shape index (κ2) is 6.97. The molecular weight excluding hydrogens is 218 g/mol. The van der Waals surface area contributed by atoms with Crippen molar-refractivity contribution in [3.63, 3.8) is 0 Å². The zero-order valence-electron chi connectivity index (χ0n) is 11.2. The van der Waals surface area contributed by atoms with E-state index in [1.165, 1.54) is 0 Å². The van der Waals surface area contributed by atoms with E-state index in [4.69, 9.17) is 4.74 Å². The van der Waals surface area contributed by atoms with Gasteiger partial charge in [0.2, 0.25) is 0 Å². The molecule has 0 aromatic rings. The van der Waals surface area contributed by atoms with Crippen molar-refractivity contribution in [1.29, 1.82) is 0 Å². The average molecular weight is 243 g/mol. The molecule has 1 fully saturated rings. The van der Waals surface area contributed by atoms with Gasteiger partial charge in [-0.2, -0.15) is 0 Å². The molecule has 1 N–H and O–H groups in total. The number of hydrogen-bond acceptors (Lipinski definition) is 3. The third kappa shape index (κ3) is 4.28. The maximum atomic E-state index is 11.2. The van der Waals surface area contributed by atoms with Crippen molar-refractivity contribution in [2.45, 2.75) is 39.2 Å². The van der Waals surface area contributed by atoms with E-state index < -0.39 is 5.97 Å². The van der Waals surface area contributed by atoms with Gasteiger partial charge in [0.05, 0.1) is 12.5 Å². The summed E-state index contributed by atoms with van der Waals surface area (Å²) >= 11 is 0. The van der Waals surface area contributed by atoms with Crippen molar-refractivity contribution in [1.82, 2.24) is 4.90 Å². The highest BCUT2D eigenvalue weighted by atomic mass is 16.5. The van der Waals surface area contributed by atoms with Gasteiger partial charge in [0.1, 0.15) is 0 Å². The summed E-state index contributed by atoms with van der Waals surface area (Å²) in [5.74, 6) is -0.272. The van der Waals surface area contributed by atoms with Crippen molar-refractivity contribution < 1.29 is 14.6 Å². The summed E-state index contributed by atoms with van der Waals surface area (Å²) in [6.07, 6.45) is 2.86. The van der Waals surface area contributed by atoms with Crippen LogP contribution in [0.15, 0.2) is 0 Å². The standard InChI is InChI=1S/C13H25NO3/c1-10(2)9-14(7-8-17-3)12-6-4-5-11(12)13(15)16/h10-12H,4-9H2,1-3H3,(H,15,16). The molecule has 4 heteroatoms. The van der Waals surface area contributed by atoms with Crippen molar-refractivity contribution in [2.75, 3.05) is 26.8 Å². The van der Waals surface area contributed by atoms with E-state index in [0.29, 0.717) is 12.5 Å². The quantitative estimate of drug-likeness (QED) is 0.741. The number of ether oxygens (including phenoxy) is 1. The Hall–Kier alpha value is -0.610. The first kappa shape index (κ1) is 14.5. The second-order valence-electron chi connectivity index (χ2n) is 5.32. The minimum atomic E-state index is -0.640. The Kier molecular flexibility index (Phi) is 5.92. The molecule has 1 aliphatic carbocycles. The van der Waals surface area contributed by atoms with Crippen molar-refractivity contribution >= 4 is 5.97 Å². The fourth-order valence-corrected chi connectivity index (χ4v) is 2.74. The highest BCUT2D eigenvalue weighted by Gasteiger charge is 2.36. The number of methoxy groups -OCH3 is 1. The number of aliphatic carboxylic acids is 1. The smallest absolute Gasteiger partial charge is 0.308 e. The van der Waals surface area contributed by atoms with Crippen LogP contribution in [0.5, 0.6) is 0 Å². The summed E-state index contributed by atoms with van der Waals surface area (Å²) in [4.78, 5) is 13.5. The normalized spacial score (nSPS) is 24.8. The van der Waals surface area contributed by atoms with Gasteiger partial charge in [0.15, 0.2) is 0 Å². The molecular formula is C13H25NO3. The fraction of sp³-hybridized carbons (Fsp3) is 0.923. The average Bonchev–Trinajstić information content (AvgIpc) is 2.72. The van der Waals surface area contributed by atoms with Crippen LogP contribution in [0.3, 0.4) is 0 Å². The van der Waals surface area contributed by atoms with Crippen molar-refractivity contribution in [3.05, 3.63) is 0 Å². The zero-order chi connectivity index (χ0) is 12.8. The van der Waals surface area contributed by atoms with E-state index in [2.05, 4.69) is 18.7 Å². The SMILES string of the molecule is COCCN(CC(C)C)C1CCCC1C(=O)O. The molecule has 17 heavy (non-hydrogen) atoms. The molecule has 0 spiro atoms. The van der Waals surface area contributed by atoms with Gasteiger partial charge in [0.25, 0.3) is 0 Å². The molecule has 2 unspecified atom stereocenters. The van der Waals surface area contributed by atoms with Crippen LogP contribution in [0.4, 0.5) is 0 Å². The molecule has 1 rings (SSSR count). The number of carbonyl (C=O) groups is 1. The molecule has 1 aliphatic rings. The van der Waals surface area contributed by atoms with Gasteiger partial charge < -0.3 is 9.84 Å². The van der Waals surface area contributed by atoms with Gasteiger partial charge in [-0.3, -0.25) is 9.69 Å². The summed E-state index contributed by atoms with van der Waals surface area (Å²) in [5, 5.41) is 9.23. The highest BCUT2D eigenvalue weighted by Crippen LogP contribution is 2.30.